The number of methoxy groups -OCH3 is 1. The fraction of sp³-hybridized carbons (Fsp3) is 0.222. The Balaban J connectivity index is 3.30. The number of aliphatic hydroxyl groups is 1. The zero-order valence-corrected chi connectivity index (χ0v) is 7.04. The van der Waals surface area contributed by atoms with Crippen molar-refractivity contribution in [3.05, 3.63) is 29.1 Å². The summed E-state index contributed by atoms with van der Waals surface area (Å²) in [6, 6.07) is 4.42. The first-order valence-corrected chi connectivity index (χ1v) is 3.60. The van der Waals surface area contributed by atoms with Gasteiger partial charge in [0.05, 0.1) is 25.3 Å². The zero-order valence-electron chi connectivity index (χ0n) is 7.04. The molecule has 0 fully saturated rings. The third kappa shape index (κ3) is 1.76. The summed E-state index contributed by atoms with van der Waals surface area (Å²) in [4.78, 5) is 0. The van der Waals surface area contributed by atoms with Gasteiger partial charge in [0.2, 0.25) is 0 Å². The van der Waals surface area contributed by atoms with E-state index in [9.17, 15) is 4.39 Å². The predicted molar refractivity (Wildman–Crippen MR) is 43.6 cm³/mol. The lowest BCUT2D eigenvalue weighted by molar-refractivity contribution is 0.272. The maximum atomic E-state index is 13.2. The van der Waals surface area contributed by atoms with Gasteiger partial charge in [0.1, 0.15) is 0 Å². The quantitative estimate of drug-likeness (QED) is 0.745. The molecular weight excluding hydrogens is 173 g/mol. The molecule has 0 spiro atoms. The molecule has 1 aromatic carbocycles. The van der Waals surface area contributed by atoms with Crippen LogP contribution in [0.25, 0.3) is 0 Å². The Morgan fingerprint density at radius 3 is 2.77 bits per heavy atom. The van der Waals surface area contributed by atoms with E-state index in [1.54, 1.807) is 0 Å². The molecule has 0 amide bonds. The molecule has 0 heterocycles. The van der Waals surface area contributed by atoms with Crippen molar-refractivity contribution in [2.24, 2.45) is 0 Å². The summed E-state index contributed by atoms with van der Waals surface area (Å²) >= 11 is 0. The second-order valence-corrected chi connectivity index (χ2v) is 2.42. The molecule has 3 nitrogen and oxygen atoms in total. The summed E-state index contributed by atoms with van der Waals surface area (Å²) in [5.41, 5.74) is 0.332. The monoisotopic (exact) mass is 181 g/mol. The van der Waals surface area contributed by atoms with Crippen molar-refractivity contribution in [3.63, 3.8) is 0 Å². The molecule has 1 N–H and O–H groups in total. The average Bonchev–Trinajstić information content (AvgIpc) is 2.18. The molecule has 0 aromatic heterocycles. The summed E-state index contributed by atoms with van der Waals surface area (Å²) in [5.74, 6) is -0.646. The van der Waals surface area contributed by atoms with Crippen LogP contribution in [0.4, 0.5) is 4.39 Å². The highest BCUT2D eigenvalue weighted by molar-refractivity contribution is 5.41. The molecule has 0 radical (unpaired) electrons. The van der Waals surface area contributed by atoms with Gasteiger partial charge in [-0.05, 0) is 6.07 Å². The Labute approximate surface area is 75.0 Å². The van der Waals surface area contributed by atoms with Gasteiger partial charge in [-0.2, -0.15) is 5.26 Å². The molecule has 0 aliphatic heterocycles. The second kappa shape index (κ2) is 3.87. The lowest BCUT2D eigenvalue weighted by Gasteiger charge is -2.05. The van der Waals surface area contributed by atoms with E-state index >= 15 is 0 Å². The first-order valence-electron chi connectivity index (χ1n) is 3.60. The highest BCUT2D eigenvalue weighted by atomic mass is 19.1. The number of hydrogen-bond acceptors (Lipinski definition) is 3. The van der Waals surface area contributed by atoms with Crippen LogP contribution in [0.5, 0.6) is 5.75 Å². The van der Waals surface area contributed by atoms with Crippen LogP contribution >= 0.6 is 0 Å². The maximum absolute atomic E-state index is 13.2. The third-order valence-corrected chi connectivity index (χ3v) is 1.63. The minimum absolute atomic E-state index is 0.0249. The van der Waals surface area contributed by atoms with Gasteiger partial charge in [-0.1, -0.05) is 0 Å². The van der Waals surface area contributed by atoms with Crippen molar-refractivity contribution in [1.82, 2.24) is 0 Å². The van der Waals surface area contributed by atoms with Crippen LogP contribution < -0.4 is 4.74 Å². The Hall–Kier alpha value is -1.60. The van der Waals surface area contributed by atoms with Gasteiger partial charge < -0.3 is 9.84 Å². The van der Waals surface area contributed by atoms with Crippen molar-refractivity contribution >= 4 is 0 Å². The molecule has 0 aliphatic carbocycles. The number of halogens is 1. The number of ether oxygens (including phenoxy) is 1. The number of hydrogen-bond donors (Lipinski definition) is 1. The zero-order chi connectivity index (χ0) is 9.84. The van der Waals surface area contributed by atoms with Gasteiger partial charge in [0.15, 0.2) is 11.6 Å². The fourth-order valence-corrected chi connectivity index (χ4v) is 0.984. The summed E-state index contributed by atoms with van der Waals surface area (Å²) in [6.45, 7) is -0.447. The van der Waals surface area contributed by atoms with Gasteiger partial charge in [0.25, 0.3) is 0 Å². The van der Waals surface area contributed by atoms with Crippen LogP contribution in [0.15, 0.2) is 12.1 Å². The van der Waals surface area contributed by atoms with E-state index in [4.69, 9.17) is 15.1 Å². The molecule has 0 atom stereocenters. The Morgan fingerprint density at radius 2 is 2.31 bits per heavy atom. The third-order valence-electron chi connectivity index (χ3n) is 1.63. The van der Waals surface area contributed by atoms with E-state index in [2.05, 4.69) is 0 Å². The fourth-order valence-electron chi connectivity index (χ4n) is 0.984. The molecule has 0 unspecified atom stereocenters. The van der Waals surface area contributed by atoms with E-state index in [1.807, 2.05) is 6.07 Å². The molecule has 4 heteroatoms. The Kier molecular flexibility index (Phi) is 2.83. The average molecular weight is 181 g/mol. The minimum atomic E-state index is -0.621. The predicted octanol–water partition coefficient (Wildman–Crippen LogP) is 1.20. The topological polar surface area (TPSA) is 53.2 Å². The molecule has 0 aliphatic rings. The highest BCUT2D eigenvalue weighted by Crippen LogP contribution is 2.22. The van der Waals surface area contributed by atoms with Gasteiger partial charge in [-0.3, -0.25) is 0 Å². The Bertz CT molecular complexity index is 332. The molecule has 1 aromatic rings. The summed E-state index contributed by atoms with van der Waals surface area (Å²) in [6.07, 6.45) is 0. The molecule has 1 rings (SSSR count). The number of rotatable bonds is 2. The second-order valence-electron chi connectivity index (χ2n) is 2.42. The lowest BCUT2D eigenvalue weighted by atomic mass is 10.1. The highest BCUT2D eigenvalue weighted by Gasteiger charge is 2.10. The van der Waals surface area contributed by atoms with Gasteiger partial charge in [-0.25, -0.2) is 4.39 Å². The van der Waals surface area contributed by atoms with Crippen LogP contribution in [-0.2, 0) is 6.61 Å². The maximum Gasteiger partial charge on any atom is 0.170 e. The molecule has 0 saturated heterocycles. The van der Waals surface area contributed by atoms with Crippen LogP contribution in [0.3, 0.4) is 0 Å². The van der Waals surface area contributed by atoms with Gasteiger partial charge in [0, 0.05) is 11.6 Å². The van der Waals surface area contributed by atoms with E-state index in [-0.39, 0.29) is 16.9 Å². The van der Waals surface area contributed by atoms with Crippen LogP contribution in [0.2, 0.25) is 0 Å². The van der Waals surface area contributed by atoms with Crippen molar-refractivity contribution in [1.29, 1.82) is 5.26 Å². The normalized spacial score (nSPS) is 9.38. The SMILES string of the molecule is COc1cc(C#N)cc(CO)c1F. The van der Waals surface area contributed by atoms with Crippen molar-refractivity contribution < 1.29 is 14.2 Å². The summed E-state index contributed by atoms with van der Waals surface area (Å²) in [5, 5.41) is 17.3. The number of aliphatic hydroxyl groups excluding tert-OH is 1. The molecular formula is C9H8FNO2. The Morgan fingerprint density at radius 1 is 1.62 bits per heavy atom. The van der Waals surface area contributed by atoms with E-state index < -0.39 is 12.4 Å². The molecule has 13 heavy (non-hydrogen) atoms. The van der Waals surface area contributed by atoms with Crippen molar-refractivity contribution in [2.75, 3.05) is 7.11 Å². The van der Waals surface area contributed by atoms with Crippen molar-refractivity contribution in [3.8, 4) is 11.8 Å². The number of nitrogens with zero attached hydrogens (tertiary/aromatic N) is 1. The summed E-state index contributed by atoms with van der Waals surface area (Å²) in [7, 11) is 1.31. The lowest BCUT2D eigenvalue weighted by Crippen LogP contribution is -1.96. The molecule has 0 saturated carbocycles. The smallest absolute Gasteiger partial charge is 0.170 e. The van der Waals surface area contributed by atoms with Crippen LogP contribution in [-0.4, -0.2) is 12.2 Å². The van der Waals surface area contributed by atoms with Gasteiger partial charge in [-0.15, -0.1) is 0 Å². The first-order chi connectivity index (χ1) is 6.22. The largest absolute Gasteiger partial charge is 0.494 e. The standard InChI is InChI=1S/C9H8FNO2/c1-13-8-3-6(4-11)2-7(5-12)9(8)10/h2-3,12H,5H2,1H3. The minimum Gasteiger partial charge on any atom is -0.494 e. The summed E-state index contributed by atoms with van der Waals surface area (Å²) < 4.78 is 17.9. The molecule has 68 valence electrons. The van der Waals surface area contributed by atoms with Crippen LogP contribution in [0.1, 0.15) is 11.1 Å². The van der Waals surface area contributed by atoms with Gasteiger partial charge >= 0.3 is 0 Å². The van der Waals surface area contributed by atoms with E-state index in [0.717, 1.165) is 0 Å². The van der Waals surface area contributed by atoms with Crippen LogP contribution in [0, 0.1) is 17.1 Å². The van der Waals surface area contributed by atoms with E-state index in [0.29, 0.717) is 0 Å². The van der Waals surface area contributed by atoms with Crippen molar-refractivity contribution in [2.45, 2.75) is 6.61 Å². The first kappa shape index (κ1) is 9.49. The van der Waals surface area contributed by atoms with E-state index in [1.165, 1.54) is 19.2 Å². The number of nitriles is 1. The number of benzene rings is 1. The molecule has 0 bridgehead atoms.